The molecule has 1 saturated heterocycles. The summed E-state index contributed by atoms with van der Waals surface area (Å²) >= 11 is 6.27. The standard InChI is InChI=1S/C13H23ClN4O/c1-9-13(14)12(18(2)17-9)8-10(16-15)5-6-11-4-3-7-19-11/h10-11,16H,3-8,15H2,1-2H3. The molecule has 2 atom stereocenters. The van der Waals surface area contributed by atoms with Gasteiger partial charge in [-0.1, -0.05) is 11.6 Å². The smallest absolute Gasteiger partial charge is 0.0847 e. The lowest BCUT2D eigenvalue weighted by molar-refractivity contribution is 0.0995. The molecule has 0 bridgehead atoms. The highest BCUT2D eigenvalue weighted by Gasteiger charge is 2.20. The van der Waals surface area contributed by atoms with E-state index in [9.17, 15) is 0 Å². The van der Waals surface area contributed by atoms with E-state index in [0.717, 1.165) is 42.3 Å². The number of hydrogen-bond donors (Lipinski definition) is 2. The quantitative estimate of drug-likeness (QED) is 0.617. The Morgan fingerprint density at radius 1 is 1.63 bits per heavy atom. The Morgan fingerprint density at radius 2 is 2.42 bits per heavy atom. The fraction of sp³-hybridized carbons (Fsp3) is 0.769. The monoisotopic (exact) mass is 286 g/mol. The minimum atomic E-state index is 0.205. The molecule has 5 nitrogen and oxygen atoms in total. The average molecular weight is 287 g/mol. The van der Waals surface area contributed by atoms with Gasteiger partial charge in [0.05, 0.1) is 22.5 Å². The van der Waals surface area contributed by atoms with Gasteiger partial charge in [-0.3, -0.25) is 16.0 Å². The topological polar surface area (TPSA) is 65.1 Å². The van der Waals surface area contributed by atoms with E-state index in [-0.39, 0.29) is 6.04 Å². The second kappa shape index (κ2) is 6.70. The summed E-state index contributed by atoms with van der Waals surface area (Å²) in [6.45, 7) is 2.82. The molecule has 108 valence electrons. The number of aryl methyl sites for hydroxylation is 2. The van der Waals surface area contributed by atoms with Crippen molar-refractivity contribution in [3.8, 4) is 0 Å². The van der Waals surface area contributed by atoms with Gasteiger partial charge in [0.2, 0.25) is 0 Å². The molecule has 0 aromatic carbocycles. The Hall–Kier alpha value is -0.620. The molecule has 0 aliphatic carbocycles. The maximum Gasteiger partial charge on any atom is 0.0847 e. The second-order valence-corrected chi connectivity index (χ2v) is 5.63. The maximum atomic E-state index is 6.27. The predicted octanol–water partition coefficient (Wildman–Crippen LogP) is 1.72. The van der Waals surface area contributed by atoms with E-state index < -0.39 is 0 Å². The molecule has 1 aromatic heterocycles. The molecule has 1 aliphatic rings. The molecule has 1 aromatic rings. The third-order valence-corrected chi connectivity index (χ3v) is 4.29. The second-order valence-electron chi connectivity index (χ2n) is 5.25. The lowest BCUT2D eigenvalue weighted by atomic mass is 10.0. The van der Waals surface area contributed by atoms with Crippen LogP contribution >= 0.6 is 11.6 Å². The number of nitrogens with two attached hydrogens (primary N) is 1. The van der Waals surface area contributed by atoms with Gasteiger partial charge in [0.1, 0.15) is 0 Å². The molecule has 2 heterocycles. The van der Waals surface area contributed by atoms with Gasteiger partial charge in [0.25, 0.3) is 0 Å². The van der Waals surface area contributed by atoms with Crippen LogP contribution < -0.4 is 11.3 Å². The van der Waals surface area contributed by atoms with E-state index in [1.54, 1.807) is 0 Å². The van der Waals surface area contributed by atoms with Crippen LogP contribution in [-0.4, -0.2) is 28.5 Å². The van der Waals surface area contributed by atoms with Gasteiger partial charge in [-0.25, -0.2) is 0 Å². The van der Waals surface area contributed by atoms with Crippen molar-refractivity contribution >= 4 is 11.6 Å². The summed E-state index contributed by atoms with van der Waals surface area (Å²) in [4.78, 5) is 0. The Kier molecular flexibility index (Phi) is 5.21. The number of hydrogen-bond acceptors (Lipinski definition) is 4. The summed E-state index contributed by atoms with van der Waals surface area (Å²) in [7, 11) is 1.92. The van der Waals surface area contributed by atoms with Gasteiger partial charge in [-0.15, -0.1) is 0 Å². The van der Waals surface area contributed by atoms with E-state index in [0.29, 0.717) is 6.10 Å². The van der Waals surface area contributed by atoms with Gasteiger partial charge in [-0.2, -0.15) is 5.10 Å². The maximum absolute atomic E-state index is 6.27. The van der Waals surface area contributed by atoms with Crippen molar-refractivity contribution in [2.24, 2.45) is 12.9 Å². The van der Waals surface area contributed by atoms with Gasteiger partial charge >= 0.3 is 0 Å². The van der Waals surface area contributed by atoms with Crippen LogP contribution in [0.15, 0.2) is 0 Å². The lowest BCUT2D eigenvalue weighted by Crippen LogP contribution is -2.37. The summed E-state index contributed by atoms with van der Waals surface area (Å²) in [6, 6.07) is 0.205. The molecule has 1 fully saturated rings. The van der Waals surface area contributed by atoms with Crippen LogP contribution in [0, 0.1) is 6.92 Å². The zero-order chi connectivity index (χ0) is 13.8. The summed E-state index contributed by atoms with van der Waals surface area (Å²) in [6.07, 6.45) is 5.57. The Labute approximate surface area is 119 Å². The van der Waals surface area contributed by atoms with Crippen LogP contribution in [0.4, 0.5) is 0 Å². The molecule has 0 amide bonds. The highest BCUT2D eigenvalue weighted by molar-refractivity contribution is 6.31. The Morgan fingerprint density at radius 3 is 2.95 bits per heavy atom. The molecule has 19 heavy (non-hydrogen) atoms. The number of nitrogens with one attached hydrogen (secondary N) is 1. The summed E-state index contributed by atoms with van der Waals surface area (Å²) in [5.74, 6) is 5.65. The molecule has 1 aliphatic heterocycles. The molecular formula is C13H23ClN4O. The molecule has 3 N–H and O–H groups in total. The molecule has 6 heteroatoms. The molecular weight excluding hydrogens is 264 g/mol. The first-order valence-corrected chi connectivity index (χ1v) is 7.25. The van der Waals surface area contributed by atoms with Gasteiger partial charge in [0, 0.05) is 26.1 Å². The highest BCUT2D eigenvalue weighted by Crippen LogP contribution is 2.23. The minimum Gasteiger partial charge on any atom is -0.378 e. The van der Waals surface area contributed by atoms with Crippen molar-refractivity contribution in [3.05, 3.63) is 16.4 Å². The van der Waals surface area contributed by atoms with E-state index in [1.165, 1.54) is 12.8 Å². The van der Waals surface area contributed by atoms with Gasteiger partial charge in [0.15, 0.2) is 0 Å². The van der Waals surface area contributed by atoms with Crippen LogP contribution in [0.3, 0.4) is 0 Å². The van der Waals surface area contributed by atoms with Crippen molar-refractivity contribution in [2.75, 3.05) is 6.61 Å². The fourth-order valence-corrected chi connectivity index (χ4v) is 2.88. The molecule has 0 radical (unpaired) electrons. The molecule has 0 spiro atoms. The van der Waals surface area contributed by atoms with Crippen molar-refractivity contribution in [2.45, 2.75) is 51.2 Å². The van der Waals surface area contributed by atoms with E-state index in [4.69, 9.17) is 22.2 Å². The normalized spacial score (nSPS) is 20.9. The SMILES string of the molecule is Cc1nn(C)c(CC(CCC2CCCO2)NN)c1Cl. The first kappa shape index (κ1) is 14.8. The van der Waals surface area contributed by atoms with Crippen molar-refractivity contribution in [3.63, 3.8) is 0 Å². The number of aromatic nitrogens is 2. The summed E-state index contributed by atoms with van der Waals surface area (Å²) in [5.41, 5.74) is 4.79. The fourth-order valence-electron chi connectivity index (χ4n) is 2.64. The van der Waals surface area contributed by atoms with Crippen molar-refractivity contribution in [1.82, 2.24) is 15.2 Å². The number of halogens is 1. The molecule has 0 saturated carbocycles. The summed E-state index contributed by atoms with van der Waals surface area (Å²) < 4.78 is 7.48. The number of hydrazine groups is 1. The summed E-state index contributed by atoms with van der Waals surface area (Å²) in [5, 5.41) is 5.08. The zero-order valence-electron chi connectivity index (χ0n) is 11.7. The Bertz CT molecular complexity index is 415. The highest BCUT2D eigenvalue weighted by atomic mass is 35.5. The first-order valence-electron chi connectivity index (χ1n) is 6.87. The predicted molar refractivity (Wildman–Crippen MR) is 76.0 cm³/mol. The van der Waals surface area contributed by atoms with Crippen LogP contribution in [0.25, 0.3) is 0 Å². The minimum absolute atomic E-state index is 0.205. The van der Waals surface area contributed by atoms with E-state index >= 15 is 0 Å². The number of nitrogens with zero attached hydrogens (tertiary/aromatic N) is 2. The van der Waals surface area contributed by atoms with E-state index in [1.807, 2.05) is 18.7 Å². The zero-order valence-corrected chi connectivity index (χ0v) is 12.4. The largest absolute Gasteiger partial charge is 0.378 e. The third kappa shape index (κ3) is 3.69. The number of ether oxygens (including phenoxy) is 1. The third-order valence-electron chi connectivity index (χ3n) is 3.80. The number of rotatable bonds is 6. The van der Waals surface area contributed by atoms with E-state index in [2.05, 4.69) is 10.5 Å². The first-order chi connectivity index (χ1) is 9.11. The lowest BCUT2D eigenvalue weighted by Gasteiger charge is -2.18. The van der Waals surface area contributed by atoms with Crippen LogP contribution in [0.5, 0.6) is 0 Å². The van der Waals surface area contributed by atoms with Crippen molar-refractivity contribution < 1.29 is 4.74 Å². The average Bonchev–Trinajstić information content (AvgIpc) is 2.98. The van der Waals surface area contributed by atoms with Gasteiger partial charge in [-0.05, 0) is 32.6 Å². The van der Waals surface area contributed by atoms with Crippen LogP contribution in [0.2, 0.25) is 5.02 Å². The van der Waals surface area contributed by atoms with Crippen LogP contribution in [-0.2, 0) is 18.2 Å². The molecule has 2 unspecified atom stereocenters. The van der Waals surface area contributed by atoms with Crippen LogP contribution in [0.1, 0.15) is 37.1 Å². The Balaban J connectivity index is 1.90. The van der Waals surface area contributed by atoms with Gasteiger partial charge < -0.3 is 4.74 Å². The van der Waals surface area contributed by atoms with Crippen molar-refractivity contribution in [1.29, 1.82) is 0 Å². The molecule has 2 rings (SSSR count).